The third-order valence-electron chi connectivity index (χ3n) is 4.22. The van der Waals surface area contributed by atoms with Gasteiger partial charge in [-0.15, -0.1) is 0 Å². The van der Waals surface area contributed by atoms with E-state index in [1.54, 1.807) is 0 Å². The monoisotopic (exact) mass is 324 g/mol. The molecule has 1 aromatic heterocycles. The Bertz CT molecular complexity index is 695. The van der Waals surface area contributed by atoms with Crippen molar-refractivity contribution in [3.8, 4) is 0 Å². The van der Waals surface area contributed by atoms with Crippen molar-refractivity contribution in [1.82, 2.24) is 10.3 Å². The highest BCUT2D eigenvalue weighted by Gasteiger charge is 2.12. The van der Waals surface area contributed by atoms with Gasteiger partial charge in [-0.25, -0.2) is 9.78 Å². The zero-order valence-electron chi connectivity index (χ0n) is 14.1. The lowest BCUT2D eigenvalue weighted by atomic mass is 10.1. The molecule has 2 N–H and O–H groups in total. The van der Waals surface area contributed by atoms with Crippen LogP contribution in [0.25, 0.3) is 0 Å². The van der Waals surface area contributed by atoms with Gasteiger partial charge in [-0.05, 0) is 61.6 Å². The maximum atomic E-state index is 12.0. The molecule has 1 aliphatic heterocycles. The van der Waals surface area contributed by atoms with E-state index < -0.39 is 0 Å². The summed E-state index contributed by atoms with van der Waals surface area (Å²) in [6.45, 7) is 4.62. The van der Waals surface area contributed by atoms with E-state index in [1.165, 1.54) is 19.3 Å². The summed E-state index contributed by atoms with van der Waals surface area (Å²) in [5, 5.41) is 5.76. The molecular weight excluding hydrogens is 300 g/mol. The number of amides is 2. The van der Waals surface area contributed by atoms with Crippen LogP contribution in [0.4, 0.5) is 16.3 Å². The quantitative estimate of drug-likeness (QED) is 0.901. The van der Waals surface area contributed by atoms with E-state index in [0.29, 0.717) is 6.54 Å². The van der Waals surface area contributed by atoms with Crippen molar-refractivity contribution in [3.63, 3.8) is 0 Å². The van der Waals surface area contributed by atoms with Gasteiger partial charge in [0.05, 0.1) is 0 Å². The number of rotatable bonds is 4. The highest BCUT2D eigenvalue weighted by atomic mass is 16.2. The number of nitrogens with one attached hydrogen (secondary N) is 2. The van der Waals surface area contributed by atoms with Crippen molar-refractivity contribution < 1.29 is 4.79 Å². The van der Waals surface area contributed by atoms with Crippen LogP contribution in [0, 0.1) is 6.92 Å². The minimum Gasteiger partial charge on any atom is -0.357 e. The van der Waals surface area contributed by atoms with Gasteiger partial charge in [-0.3, -0.25) is 0 Å². The molecule has 3 rings (SSSR count). The van der Waals surface area contributed by atoms with Gasteiger partial charge >= 0.3 is 6.03 Å². The minimum absolute atomic E-state index is 0.197. The molecule has 1 aliphatic rings. The predicted molar refractivity (Wildman–Crippen MR) is 97.3 cm³/mol. The molecule has 0 saturated carbocycles. The summed E-state index contributed by atoms with van der Waals surface area (Å²) in [7, 11) is 0. The fourth-order valence-electron chi connectivity index (χ4n) is 2.95. The van der Waals surface area contributed by atoms with E-state index in [0.717, 1.165) is 35.7 Å². The smallest absolute Gasteiger partial charge is 0.319 e. The maximum Gasteiger partial charge on any atom is 0.319 e. The highest BCUT2D eigenvalue weighted by molar-refractivity contribution is 5.89. The Hall–Kier alpha value is -2.56. The molecule has 24 heavy (non-hydrogen) atoms. The Kier molecular flexibility index (Phi) is 5.31. The highest BCUT2D eigenvalue weighted by Crippen LogP contribution is 2.18. The van der Waals surface area contributed by atoms with Crippen LogP contribution in [-0.4, -0.2) is 24.1 Å². The van der Waals surface area contributed by atoms with Crippen LogP contribution in [-0.2, 0) is 6.54 Å². The summed E-state index contributed by atoms with van der Waals surface area (Å²) in [6.07, 6.45) is 5.57. The predicted octanol–water partition coefficient (Wildman–Crippen LogP) is 3.70. The molecule has 1 saturated heterocycles. The first-order valence-corrected chi connectivity index (χ1v) is 8.52. The molecule has 0 bridgehead atoms. The number of hydrogen-bond donors (Lipinski definition) is 2. The van der Waals surface area contributed by atoms with Gasteiger partial charge in [0.2, 0.25) is 0 Å². The van der Waals surface area contributed by atoms with Crippen LogP contribution in [0.2, 0.25) is 0 Å². The first-order chi connectivity index (χ1) is 11.7. The van der Waals surface area contributed by atoms with Crippen LogP contribution in [0.15, 0.2) is 42.6 Å². The number of pyridine rings is 1. The fraction of sp³-hybridized carbons (Fsp3) is 0.368. The van der Waals surface area contributed by atoms with Crippen LogP contribution in [0.3, 0.4) is 0 Å². The number of nitrogens with zero attached hydrogens (tertiary/aromatic N) is 2. The molecule has 1 fully saturated rings. The van der Waals surface area contributed by atoms with Crippen molar-refractivity contribution in [3.05, 3.63) is 53.7 Å². The molecule has 2 aromatic rings. The van der Waals surface area contributed by atoms with Gasteiger partial charge in [-0.2, -0.15) is 0 Å². The third-order valence-corrected chi connectivity index (χ3v) is 4.22. The van der Waals surface area contributed by atoms with Gasteiger partial charge < -0.3 is 15.5 Å². The van der Waals surface area contributed by atoms with Crippen LogP contribution in [0.1, 0.15) is 30.4 Å². The molecule has 0 aliphatic carbocycles. The van der Waals surface area contributed by atoms with Crippen LogP contribution < -0.4 is 15.5 Å². The van der Waals surface area contributed by atoms with Crippen molar-refractivity contribution >= 4 is 17.5 Å². The second-order valence-corrected chi connectivity index (χ2v) is 6.25. The molecule has 0 radical (unpaired) electrons. The number of anilines is 2. The summed E-state index contributed by atoms with van der Waals surface area (Å²) in [5.74, 6) is 1.01. The fourth-order valence-corrected chi connectivity index (χ4v) is 2.95. The standard InChI is InChI=1S/C19H24N4O/c1-15-6-5-7-17(12-15)22-19(24)21-14-16-8-9-20-18(13-16)23-10-3-2-4-11-23/h5-9,12-13H,2-4,10-11,14H2,1H3,(H2,21,22,24). The van der Waals surface area contributed by atoms with Crippen molar-refractivity contribution in [2.45, 2.75) is 32.7 Å². The van der Waals surface area contributed by atoms with Crippen molar-refractivity contribution in [2.24, 2.45) is 0 Å². The number of aryl methyl sites for hydroxylation is 1. The van der Waals surface area contributed by atoms with E-state index >= 15 is 0 Å². The lowest BCUT2D eigenvalue weighted by Gasteiger charge is -2.27. The second-order valence-electron chi connectivity index (χ2n) is 6.25. The van der Waals surface area contributed by atoms with Crippen molar-refractivity contribution in [2.75, 3.05) is 23.3 Å². The summed E-state index contributed by atoms with van der Waals surface area (Å²) >= 11 is 0. The van der Waals surface area contributed by atoms with E-state index in [4.69, 9.17) is 0 Å². The number of carbonyl (C=O) groups excluding carboxylic acids is 1. The SMILES string of the molecule is Cc1cccc(NC(=O)NCc2ccnc(N3CCCCC3)c2)c1. The topological polar surface area (TPSA) is 57.3 Å². The average Bonchev–Trinajstić information content (AvgIpc) is 2.61. The molecule has 5 heteroatoms. The zero-order valence-corrected chi connectivity index (χ0v) is 14.1. The van der Waals surface area contributed by atoms with E-state index in [-0.39, 0.29) is 6.03 Å². The Morgan fingerprint density at radius 3 is 2.79 bits per heavy atom. The summed E-state index contributed by atoms with van der Waals surface area (Å²) in [4.78, 5) is 18.8. The molecule has 5 nitrogen and oxygen atoms in total. The molecule has 1 aromatic carbocycles. The van der Waals surface area contributed by atoms with Crippen molar-refractivity contribution in [1.29, 1.82) is 0 Å². The number of benzene rings is 1. The number of carbonyl (C=O) groups is 1. The molecular formula is C19H24N4O. The molecule has 126 valence electrons. The summed E-state index contributed by atoms with van der Waals surface area (Å²) in [6, 6.07) is 11.6. The molecule has 0 atom stereocenters. The van der Waals surface area contributed by atoms with Gasteiger partial charge in [0.25, 0.3) is 0 Å². The van der Waals surface area contributed by atoms with E-state index in [9.17, 15) is 4.79 Å². The normalized spacial score (nSPS) is 14.3. The largest absolute Gasteiger partial charge is 0.357 e. The Labute approximate surface area is 143 Å². The summed E-state index contributed by atoms with van der Waals surface area (Å²) in [5.41, 5.74) is 2.98. The number of urea groups is 1. The van der Waals surface area contributed by atoms with Gasteiger partial charge in [-0.1, -0.05) is 12.1 Å². The van der Waals surface area contributed by atoms with E-state index in [2.05, 4.69) is 26.6 Å². The molecule has 2 amide bonds. The van der Waals surface area contributed by atoms with Crippen LogP contribution in [0.5, 0.6) is 0 Å². The first kappa shape index (κ1) is 16.3. The lowest BCUT2D eigenvalue weighted by Crippen LogP contribution is -2.31. The second kappa shape index (κ2) is 7.81. The number of aromatic nitrogens is 1. The average molecular weight is 324 g/mol. The van der Waals surface area contributed by atoms with Crippen LogP contribution >= 0.6 is 0 Å². The number of piperidine rings is 1. The van der Waals surface area contributed by atoms with Gasteiger partial charge in [0.15, 0.2) is 0 Å². The third kappa shape index (κ3) is 4.47. The number of hydrogen-bond acceptors (Lipinski definition) is 3. The Balaban J connectivity index is 1.55. The first-order valence-electron chi connectivity index (χ1n) is 8.52. The van der Waals surface area contributed by atoms with Gasteiger partial charge in [0, 0.05) is 31.5 Å². The molecule has 2 heterocycles. The van der Waals surface area contributed by atoms with Gasteiger partial charge in [0.1, 0.15) is 5.82 Å². The minimum atomic E-state index is -0.197. The maximum absolute atomic E-state index is 12.0. The summed E-state index contributed by atoms with van der Waals surface area (Å²) < 4.78 is 0. The zero-order chi connectivity index (χ0) is 16.8. The van der Waals surface area contributed by atoms with E-state index in [1.807, 2.05) is 43.5 Å². The molecule has 0 unspecified atom stereocenters. The molecule has 0 spiro atoms. The Morgan fingerprint density at radius 2 is 2.00 bits per heavy atom. The Morgan fingerprint density at radius 1 is 1.17 bits per heavy atom. The lowest BCUT2D eigenvalue weighted by molar-refractivity contribution is 0.251.